The van der Waals surface area contributed by atoms with E-state index in [2.05, 4.69) is 17.6 Å². The van der Waals surface area contributed by atoms with Crippen LogP contribution in [0.1, 0.15) is 39.0 Å². The maximum Gasteiger partial charge on any atom is 0.235 e. The molecule has 0 aromatic rings. The van der Waals surface area contributed by atoms with Crippen LogP contribution in [0, 0.1) is 5.92 Å². The van der Waals surface area contributed by atoms with Gasteiger partial charge in [0.15, 0.2) is 9.84 Å². The third kappa shape index (κ3) is 4.60. The zero-order valence-electron chi connectivity index (χ0n) is 11.9. The van der Waals surface area contributed by atoms with Crippen molar-refractivity contribution in [2.45, 2.75) is 50.3 Å². The predicted molar refractivity (Wildman–Crippen MR) is 81.9 cm³/mol. The molecule has 2 fully saturated rings. The zero-order valence-corrected chi connectivity index (χ0v) is 13.6. The fraction of sp³-hybridized carbons (Fsp3) is 0.923. The molecular weight excluding hydrogens is 300 g/mol. The molecule has 1 amide bonds. The smallest absolute Gasteiger partial charge is 0.235 e. The lowest BCUT2D eigenvalue weighted by Crippen LogP contribution is -2.51. The molecule has 2 aliphatic rings. The number of rotatable bonds is 4. The van der Waals surface area contributed by atoms with Crippen LogP contribution in [0.15, 0.2) is 0 Å². The van der Waals surface area contributed by atoms with Gasteiger partial charge in [-0.1, -0.05) is 19.8 Å². The lowest BCUT2D eigenvalue weighted by molar-refractivity contribution is -0.119. The van der Waals surface area contributed by atoms with Gasteiger partial charge in [0, 0.05) is 12.6 Å². The molecule has 0 aromatic heterocycles. The van der Waals surface area contributed by atoms with Crippen LogP contribution in [0.4, 0.5) is 0 Å². The Morgan fingerprint density at radius 2 is 1.90 bits per heavy atom. The van der Waals surface area contributed by atoms with E-state index >= 15 is 0 Å². The molecule has 1 heterocycles. The first-order chi connectivity index (χ1) is 8.99. The molecule has 0 aromatic carbocycles. The summed E-state index contributed by atoms with van der Waals surface area (Å²) >= 11 is 0. The largest absolute Gasteiger partial charge is 0.351 e. The van der Waals surface area contributed by atoms with E-state index in [1.165, 1.54) is 0 Å². The zero-order chi connectivity index (χ0) is 13.9. The Kier molecular flexibility index (Phi) is 6.75. The second-order valence-electron chi connectivity index (χ2n) is 5.86. The van der Waals surface area contributed by atoms with E-state index in [9.17, 15) is 13.2 Å². The SMILES string of the molecule is CC1CCNCC1NC(=O)CS(=O)(=O)C1CCCC1.Cl. The van der Waals surface area contributed by atoms with Crippen LogP contribution in [0.5, 0.6) is 0 Å². The number of amides is 1. The van der Waals surface area contributed by atoms with Crippen LogP contribution >= 0.6 is 12.4 Å². The highest BCUT2D eigenvalue weighted by atomic mass is 35.5. The number of hydrogen-bond acceptors (Lipinski definition) is 4. The summed E-state index contributed by atoms with van der Waals surface area (Å²) in [5.74, 6) is -0.284. The van der Waals surface area contributed by atoms with Crippen molar-refractivity contribution in [1.29, 1.82) is 0 Å². The van der Waals surface area contributed by atoms with Gasteiger partial charge in [-0.15, -0.1) is 12.4 Å². The molecule has 7 heteroatoms. The fourth-order valence-corrected chi connectivity index (χ4v) is 4.72. The molecule has 0 bridgehead atoms. The molecule has 0 radical (unpaired) electrons. The third-order valence-corrected chi connectivity index (χ3v) is 6.47. The Bertz CT molecular complexity index is 421. The fourth-order valence-electron chi connectivity index (χ4n) is 2.98. The molecule has 0 spiro atoms. The molecule has 20 heavy (non-hydrogen) atoms. The minimum atomic E-state index is -3.26. The minimum Gasteiger partial charge on any atom is -0.351 e. The van der Waals surface area contributed by atoms with Gasteiger partial charge in [0.25, 0.3) is 0 Å². The summed E-state index contributed by atoms with van der Waals surface area (Å²) < 4.78 is 24.2. The number of halogens is 1. The third-order valence-electron chi connectivity index (χ3n) is 4.32. The minimum absolute atomic E-state index is 0. The van der Waals surface area contributed by atoms with Crippen LogP contribution < -0.4 is 10.6 Å². The van der Waals surface area contributed by atoms with Crippen molar-refractivity contribution in [3.8, 4) is 0 Å². The molecule has 1 saturated carbocycles. The Morgan fingerprint density at radius 3 is 2.50 bits per heavy atom. The molecule has 2 rings (SSSR count). The first-order valence-electron chi connectivity index (χ1n) is 7.20. The Hall–Kier alpha value is -0.330. The van der Waals surface area contributed by atoms with Gasteiger partial charge in [-0.2, -0.15) is 0 Å². The van der Waals surface area contributed by atoms with E-state index < -0.39 is 9.84 Å². The number of carbonyl (C=O) groups excluding carboxylic acids is 1. The monoisotopic (exact) mass is 324 g/mol. The summed E-state index contributed by atoms with van der Waals surface area (Å²) in [6.45, 7) is 3.79. The van der Waals surface area contributed by atoms with Crippen molar-refractivity contribution in [3.63, 3.8) is 0 Å². The molecule has 5 nitrogen and oxygen atoms in total. The van der Waals surface area contributed by atoms with Crippen molar-refractivity contribution in [1.82, 2.24) is 10.6 Å². The van der Waals surface area contributed by atoms with Crippen molar-refractivity contribution in [2.24, 2.45) is 5.92 Å². The highest BCUT2D eigenvalue weighted by Gasteiger charge is 2.32. The highest BCUT2D eigenvalue weighted by molar-refractivity contribution is 7.92. The van der Waals surface area contributed by atoms with E-state index in [0.717, 1.165) is 45.2 Å². The standard InChI is InChI=1S/C13H24N2O3S.ClH/c1-10-6-7-14-8-12(10)15-13(16)9-19(17,18)11-4-2-3-5-11;/h10-12,14H,2-9H2,1H3,(H,15,16);1H. The van der Waals surface area contributed by atoms with Gasteiger partial charge in [-0.3, -0.25) is 4.79 Å². The second-order valence-corrected chi connectivity index (χ2v) is 8.14. The topological polar surface area (TPSA) is 75.3 Å². The van der Waals surface area contributed by atoms with Gasteiger partial charge < -0.3 is 10.6 Å². The van der Waals surface area contributed by atoms with Gasteiger partial charge in [0.1, 0.15) is 5.75 Å². The highest BCUT2D eigenvalue weighted by Crippen LogP contribution is 2.25. The van der Waals surface area contributed by atoms with Crippen molar-refractivity contribution < 1.29 is 13.2 Å². The Labute approximate surface area is 127 Å². The first kappa shape index (κ1) is 17.7. The van der Waals surface area contributed by atoms with Crippen molar-refractivity contribution in [3.05, 3.63) is 0 Å². The van der Waals surface area contributed by atoms with Crippen LogP contribution in [0.2, 0.25) is 0 Å². The average Bonchev–Trinajstić information content (AvgIpc) is 2.85. The van der Waals surface area contributed by atoms with Gasteiger partial charge in [0.05, 0.1) is 5.25 Å². The summed E-state index contributed by atoms with van der Waals surface area (Å²) in [6.07, 6.45) is 4.39. The average molecular weight is 325 g/mol. The van der Waals surface area contributed by atoms with Crippen molar-refractivity contribution >= 4 is 28.2 Å². The van der Waals surface area contributed by atoms with Gasteiger partial charge in [-0.25, -0.2) is 8.42 Å². The van der Waals surface area contributed by atoms with E-state index in [1.807, 2.05) is 0 Å². The number of piperidine rings is 1. The van der Waals surface area contributed by atoms with Gasteiger partial charge >= 0.3 is 0 Å². The second kappa shape index (κ2) is 7.61. The van der Waals surface area contributed by atoms with Gasteiger partial charge in [0.2, 0.25) is 5.91 Å². The summed E-state index contributed by atoms with van der Waals surface area (Å²) in [5, 5.41) is 5.80. The maximum absolute atomic E-state index is 12.1. The maximum atomic E-state index is 12.1. The van der Waals surface area contributed by atoms with E-state index in [4.69, 9.17) is 0 Å². The quantitative estimate of drug-likeness (QED) is 0.805. The number of nitrogens with one attached hydrogen (secondary N) is 2. The Morgan fingerprint density at radius 1 is 1.25 bits per heavy atom. The van der Waals surface area contributed by atoms with Crippen LogP contribution in [0.3, 0.4) is 0 Å². The predicted octanol–water partition coefficient (Wildman–Crippen LogP) is 0.880. The molecular formula is C13H25ClN2O3S. The van der Waals surface area contributed by atoms with Crippen LogP contribution in [-0.4, -0.2) is 44.5 Å². The molecule has 1 aliphatic heterocycles. The van der Waals surface area contributed by atoms with E-state index in [-0.39, 0.29) is 35.4 Å². The summed E-state index contributed by atoms with van der Waals surface area (Å²) in [7, 11) is -3.26. The van der Waals surface area contributed by atoms with Gasteiger partial charge in [-0.05, 0) is 31.7 Å². The van der Waals surface area contributed by atoms with Crippen molar-refractivity contribution in [2.75, 3.05) is 18.8 Å². The Balaban J connectivity index is 0.00000200. The molecule has 1 aliphatic carbocycles. The van der Waals surface area contributed by atoms with E-state index in [0.29, 0.717) is 5.92 Å². The molecule has 118 valence electrons. The lowest BCUT2D eigenvalue weighted by atomic mass is 9.95. The lowest BCUT2D eigenvalue weighted by Gasteiger charge is -2.30. The number of carbonyl (C=O) groups is 1. The summed E-state index contributed by atoms with van der Waals surface area (Å²) in [5.41, 5.74) is 0. The molecule has 1 saturated heterocycles. The number of sulfone groups is 1. The summed E-state index contributed by atoms with van der Waals surface area (Å²) in [4.78, 5) is 11.9. The molecule has 2 unspecified atom stereocenters. The van der Waals surface area contributed by atoms with Crippen LogP contribution in [0.25, 0.3) is 0 Å². The first-order valence-corrected chi connectivity index (χ1v) is 8.92. The van der Waals surface area contributed by atoms with E-state index in [1.54, 1.807) is 0 Å². The summed E-state index contributed by atoms with van der Waals surface area (Å²) in [6, 6.07) is 0.0556. The molecule has 2 atom stereocenters. The molecule has 2 N–H and O–H groups in total. The number of hydrogen-bond donors (Lipinski definition) is 2. The normalized spacial score (nSPS) is 27.9. The van der Waals surface area contributed by atoms with Crippen LogP contribution in [-0.2, 0) is 14.6 Å².